The minimum atomic E-state index is -4.87. The molecule has 12 heteroatoms. The zero-order valence-electron chi connectivity index (χ0n) is 7.50. The molecule has 0 heterocycles. The molecule has 0 aromatic heterocycles. The first-order valence-electron chi connectivity index (χ1n) is 2.41. The van der Waals surface area contributed by atoms with Crippen LogP contribution in [0.1, 0.15) is 0 Å². The van der Waals surface area contributed by atoms with Gasteiger partial charge in [0.2, 0.25) is 20.8 Å². The predicted molar refractivity (Wildman–Crippen MR) is 31.3 cm³/mol. The van der Waals surface area contributed by atoms with E-state index < -0.39 is 34.0 Å². The second-order valence-corrected chi connectivity index (χ2v) is 3.56. The van der Waals surface area contributed by atoms with Crippen molar-refractivity contribution in [1.29, 1.82) is 0 Å². The standard InChI is InChI=1S/C2H6O8S2.2K/c3-11(4,5)9-1-2-10-12(6,7)8;;/h1-2H2,(H,3,4,5)(H,6,7,8);;/q;2*+1/p-2. The van der Waals surface area contributed by atoms with E-state index in [4.69, 9.17) is 0 Å². The molecule has 8 nitrogen and oxygen atoms in total. The van der Waals surface area contributed by atoms with Crippen LogP contribution >= 0.6 is 0 Å². The molecule has 0 saturated carbocycles. The van der Waals surface area contributed by atoms with E-state index in [0.717, 1.165) is 0 Å². The second-order valence-electron chi connectivity index (χ2n) is 1.46. The van der Waals surface area contributed by atoms with Gasteiger partial charge in [0, 0.05) is 0 Å². The van der Waals surface area contributed by atoms with Crippen LogP contribution in [0, 0.1) is 0 Å². The molecule has 0 rings (SSSR count). The molecular formula is C2H4K2O8S2. The van der Waals surface area contributed by atoms with Crippen molar-refractivity contribution in [1.82, 2.24) is 0 Å². The van der Waals surface area contributed by atoms with Gasteiger partial charge in [-0.2, -0.15) is 0 Å². The van der Waals surface area contributed by atoms with E-state index in [2.05, 4.69) is 8.37 Å². The van der Waals surface area contributed by atoms with Crippen molar-refractivity contribution in [2.75, 3.05) is 13.2 Å². The third-order valence-corrected chi connectivity index (χ3v) is 1.45. The summed E-state index contributed by atoms with van der Waals surface area (Å²) in [7, 11) is -9.74. The zero-order valence-corrected chi connectivity index (χ0v) is 15.4. The van der Waals surface area contributed by atoms with Gasteiger partial charge in [0.05, 0.1) is 13.2 Å². The summed E-state index contributed by atoms with van der Waals surface area (Å²) in [5, 5.41) is 0. The molecule has 0 unspecified atom stereocenters. The van der Waals surface area contributed by atoms with Crippen LogP contribution in [0.15, 0.2) is 0 Å². The molecule has 0 atom stereocenters. The average Bonchev–Trinajstić information content (AvgIpc) is 1.76. The van der Waals surface area contributed by atoms with Gasteiger partial charge in [-0.1, -0.05) is 0 Å². The van der Waals surface area contributed by atoms with E-state index in [9.17, 15) is 25.9 Å². The molecular weight excluding hydrogens is 294 g/mol. The third-order valence-electron chi connectivity index (χ3n) is 0.539. The Morgan fingerprint density at radius 3 is 1.14 bits per heavy atom. The molecule has 0 aliphatic rings. The fourth-order valence-corrected chi connectivity index (χ4v) is 0.816. The average molecular weight is 298 g/mol. The van der Waals surface area contributed by atoms with E-state index in [0.29, 0.717) is 0 Å². The summed E-state index contributed by atoms with van der Waals surface area (Å²) in [5.41, 5.74) is 0. The van der Waals surface area contributed by atoms with Gasteiger partial charge in [-0.25, -0.2) is 16.8 Å². The molecule has 0 saturated heterocycles. The monoisotopic (exact) mass is 298 g/mol. The van der Waals surface area contributed by atoms with Crippen molar-refractivity contribution in [2.24, 2.45) is 0 Å². The Labute approximate surface area is 167 Å². The largest absolute Gasteiger partial charge is 1.00 e. The zero-order chi connectivity index (χ0) is 9.83. The Hall–Kier alpha value is 3.01. The molecule has 0 amide bonds. The molecule has 0 radical (unpaired) electrons. The second kappa shape index (κ2) is 9.98. The van der Waals surface area contributed by atoms with Crippen molar-refractivity contribution in [3.8, 4) is 0 Å². The van der Waals surface area contributed by atoms with E-state index in [-0.39, 0.29) is 103 Å². The SMILES string of the molecule is O=S(=O)([O-])OCCOS(=O)(=O)[O-].[K+].[K+]. The van der Waals surface area contributed by atoms with Crippen LogP contribution in [0.25, 0.3) is 0 Å². The molecule has 74 valence electrons. The first-order valence-corrected chi connectivity index (χ1v) is 5.08. The maximum atomic E-state index is 9.69. The summed E-state index contributed by atoms with van der Waals surface area (Å²) in [6, 6.07) is 0. The molecule has 0 N–H and O–H groups in total. The smallest absolute Gasteiger partial charge is 0.726 e. The van der Waals surface area contributed by atoms with Crippen LogP contribution in [-0.2, 0) is 29.2 Å². The summed E-state index contributed by atoms with van der Waals surface area (Å²) in [5.74, 6) is 0. The summed E-state index contributed by atoms with van der Waals surface area (Å²) in [6.45, 7) is -1.62. The van der Waals surface area contributed by atoms with Gasteiger partial charge >= 0.3 is 103 Å². The summed E-state index contributed by atoms with van der Waals surface area (Å²) in [6.07, 6.45) is 0. The quantitative estimate of drug-likeness (QED) is 0.211. The van der Waals surface area contributed by atoms with Crippen LogP contribution in [0.4, 0.5) is 0 Å². The van der Waals surface area contributed by atoms with Crippen molar-refractivity contribution >= 4 is 20.8 Å². The van der Waals surface area contributed by atoms with Gasteiger partial charge in [-0.05, 0) is 0 Å². The topological polar surface area (TPSA) is 133 Å². The first-order chi connectivity index (χ1) is 5.21. The fraction of sp³-hybridized carbons (Fsp3) is 1.00. The number of hydrogen-bond donors (Lipinski definition) is 0. The van der Waals surface area contributed by atoms with Crippen LogP contribution in [0.3, 0.4) is 0 Å². The van der Waals surface area contributed by atoms with Gasteiger partial charge in [0.25, 0.3) is 0 Å². The van der Waals surface area contributed by atoms with Crippen molar-refractivity contribution in [3.63, 3.8) is 0 Å². The van der Waals surface area contributed by atoms with Crippen molar-refractivity contribution in [3.05, 3.63) is 0 Å². The first kappa shape index (κ1) is 22.2. The molecule has 0 spiro atoms. The summed E-state index contributed by atoms with van der Waals surface area (Å²) < 4.78 is 65.2. The van der Waals surface area contributed by atoms with Crippen molar-refractivity contribution < 1.29 is 137 Å². The molecule has 0 aliphatic carbocycles. The Kier molecular flexibility index (Phi) is 15.8. The van der Waals surface area contributed by atoms with E-state index in [1.54, 1.807) is 0 Å². The van der Waals surface area contributed by atoms with Crippen LogP contribution in [0.5, 0.6) is 0 Å². The summed E-state index contributed by atoms with van der Waals surface area (Å²) >= 11 is 0. The van der Waals surface area contributed by atoms with E-state index in [1.807, 2.05) is 0 Å². The number of rotatable bonds is 5. The van der Waals surface area contributed by atoms with E-state index in [1.165, 1.54) is 0 Å². The molecule has 0 aliphatic heterocycles. The van der Waals surface area contributed by atoms with Gasteiger partial charge in [0.1, 0.15) is 0 Å². The van der Waals surface area contributed by atoms with Crippen molar-refractivity contribution in [2.45, 2.75) is 0 Å². The molecule has 0 aromatic rings. The Bertz CT molecular complexity index is 283. The number of hydrogen-bond acceptors (Lipinski definition) is 8. The van der Waals surface area contributed by atoms with Gasteiger partial charge in [-0.3, -0.25) is 8.37 Å². The fourth-order valence-electron chi connectivity index (χ4n) is 0.272. The summed E-state index contributed by atoms with van der Waals surface area (Å²) in [4.78, 5) is 0. The third kappa shape index (κ3) is 20.4. The van der Waals surface area contributed by atoms with Gasteiger partial charge < -0.3 is 9.11 Å². The molecule has 0 fully saturated rings. The predicted octanol–water partition coefficient (Wildman–Crippen LogP) is -8.05. The maximum Gasteiger partial charge on any atom is 1.00 e. The minimum absolute atomic E-state index is 0. The van der Waals surface area contributed by atoms with Crippen LogP contribution in [-0.4, -0.2) is 39.2 Å². The maximum absolute atomic E-state index is 9.69. The molecule has 0 aromatic carbocycles. The minimum Gasteiger partial charge on any atom is -0.726 e. The van der Waals surface area contributed by atoms with E-state index >= 15 is 0 Å². The van der Waals surface area contributed by atoms with Gasteiger partial charge in [0.15, 0.2) is 0 Å². The Morgan fingerprint density at radius 1 is 0.786 bits per heavy atom. The van der Waals surface area contributed by atoms with Crippen LogP contribution < -0.4 is 103 Å². The van der Waals surface area contributed by atoms with Gasteiger partial charge in [-0.15, -0.1) is 0 Å². The molecule has 0 bridgehead atoms. The van der Waals surface area contributed by atoms with Crippen LogP contribution in [0.2, 0.25) is 0 Å². The Balaban J connectivity index is -0.000000605. The molecule has 14 heavy (non-hydrogen) atoms. The Morgan fingerprint density at radius 2 is 1.00 bits per heavy atom. The normalized spacial score (nSPS) is 11.3.